The topological polar surface area (TPSA) is 57.0 Å². The number of aldehydes is 1. The Morgan fingerprint density at radius 2 is 2.40 bits per heavy atom. The van der Waals surface area contributed by atoms with Crippen LogP contribution in [-0.4, -0.2) is 28.2 Å². The molecule has 2 aromatic heterocycles. The number of rotatable bonds is 3. The maximum absolute atomic E-state index is 10.8. The van der Waals surface area contributed by atoms with Crippen LogP contribution >= 0.6 is 11.3 Å². The van der Waals surface area contributed by atoms with E-state index in [1.54, 1.807) is 10.9 Å². The van der Waals surface area contributed by atoms with Crippen molar-refractivity contribution in [1.82, 2.24) is 14.8 Å². The summed E-state index contributed by atoms with van der Waals surface area (Å²) >= 11 is 1.20. The van der Waals surface area contributed by atoms with Gasteiger partial charge in [0.2, 0.25) is 0 Å². The highest BCUT2D eigenvalue weighted by Crippen LogP contribution is 2.25. The molecule has 2 heterocycles. The lowest BCUT2D eigenvalue weighted by atomic mass is 10.4. The van der Waals surface area contributed by atoms with Crippen LogP contribution in [-0.2, 0) is 0 Å². The lowest BCUT2D eigenvalue weighted by molar-refractivity contribution is 0.112. The maximum Gasteiger partial charge on any atom is 0.275 e. The van der Waals surface area contributed by atoms with Gasteiger partial charge in [0, 0.05) is 6.20 Å². The molecule has 0 unspecified atom stereocenters. The first-order valence-electron chi connectivity index (χ1n) is 4.26. The predicted molar refractivity (Wildman–Crippen MR) is 55.9 cm³/mol. The molecule has 78 valence electrons. The Balaban J connectivity index is 2.51. The van der Waals surface area contributed by atoms with E-state index in [9.17, 15) is 4.79 Å². The van der Waals surface area contributed by atoms with Gasteiger partial charge in [-0.05, 0) is 12.5 Å². The number of ether oxygens (including phenoxy) is 1. The van der Waals surface area contributed by atoms with Crippen LogP contribution in [0, 0.1) is 6.92 Å². The van der Waals surface area contributed by atoms with Crippen molar-refractivity contribution >= 4 is 17.6 Å². The van der Waals surface area contributed by atoms with Crippen LogP contribution in [0.1, 0.15) is 15.2 Å². The van der Waals surface area contributed by atoms with Crippen LogP contribution in [0.5, 0.6) is 5.19 Å². The molecule has 0 N–H and O–H groups in total. The molecule has 0 aliphatic rings. The van der Waals surface area contributed by atoms with Gasteiger partial charge >= 0.3 is 0 Å². The van der Waals surface area contributed by atoms with Gasteiger partial charge in [-0.15, -0.1) is 0 Å². The Bertz CT molecular complexity index is 489. The van der Waals surface area contributed by atoms with Crippen molar-refractivity contribution in [2.75, 3.05) is 7.11 Å². The fourth-order valence-corrected chi connectivity index (χ4v) is 1.84. The van der Waals surface area contributed by atoms with Crippen molar-refractivity contribution in [3.8, 4) is 11.0 Å². The quantitative estimate of drug-likeness (QED) is 0.739. The first-order chi connectivity index (χ1) is 7.24. The highest BCUT2D eigenvalue weighted by Gasteiger charge is 2.13. The van der Waals surface area contributed by atoms with Crippen LogP contribution in [0.2, 0.25) is 0 Å². The summed E-state index contributed by atoms with van der Waals surface area (Å²) in [5, 5.41) is 4.55. The molecule has 5 nitrogen and oxygen atoms in total. The van der Waals surface area contributed by atoms with E-state index >= 15 is 0 Å². The molecule has 0 aromatic carbocycles. The monoisotopic (exact) mass is 223 g/mol. The largest absolute Gasteiger partial charge is 0.473 e. The van der Waals surface area contributed by atoms with E-state index in [1.807, 2.05) is 13.1 Å². The normalized spacial score (nSPS) is 10.3. The Morgan fingerprint density at radius 1 is 1.60 bits per heavy atom. The molecule has 0 saturated carbocycles. The second-order valence-corrected chi connectivity index (χ2v) is 3.95. The summed E-state index contributed by atoms with van der Waals surface area (Å²) in [7, 11) is 1.52. The van der Waals surface area contributed by atoms with E-state index in [0.29, 0.717) is 15.9 Å². The lowest BCUT2D eigenvalue weighted by Crippen LogP contribution is -1.97. The zero-order valence-corrected chi connectivity index (χ0v) is 9.11. The lowest BCUT2D eigenvalue weighted by Gasteiger charge is -1.94. The van der Waals surface area contributed by atoms with Gasteiger partial charge in [0.15, 0.2) is 12.1 Å². The molecule has 0 bridgehead atoms. The molecule has 6 heteroatoms. The van der Waals surface area contributed by atoms with Gasteiger partial charge in [0.25, 0.3) is 5.19 Å². The molecule has 0 amide bonds. The van der Waals surface area contributed by atoms with Crippen LogP contribution < -0.4 is 4.74 Å². The first-order valence-corrected chi connectivity index (χ1v) is 5.08. The number of nitrogens with zero attached hydrogens (tertiary/aromatic N) is 3. The number of aromatic nitrogens is 3. The molecule has 0 saturated heterocycles. The van der Waals surface area contributed by atoms with E-state index in [0.717, 1.165) is 11.8 Å². The molecule has 2 rings (SSSR count). The zero-order valence-electron chi connectivity index (χ0n) is 8.30. The second-order valence-electron chi connectivity index (χ2n) is 2.95. The second kappa shape index (κ2) is 3.82. The van der Waals surface area contributed by atoms with Crippen molar-refractivity contribution in [1.29, 1.82) is 0 Å². The SMILES string of the molecule is COc1nc(-n2cc(C)cn2)c(C=O)s1. The Hall–Kier alpha value is -1.69. The van der Waals surface area contributed by atoms with Gasteiger partial charge < -0.3 is 4.74 Å². The van der Waals surface area contributed by atoms with Crippen LogP contribution in [0.15, 0.2) is 12.4 Å². The molecule has 15 heavy (non-hydrogen) atoms. The molecule has 0 aliphatic heterocycles. The van der Waals surface area contributed by atoms with E-state index in [2.05, 4.69) is 10.1 Å². The Morgan fingerprint density at radius 3 is 2.93 bits per heavy atom. The summed E-state index contributed by atoms with van der Waals surface area (Å²) in [6.07, 6.45) is 4.27. The smallest absolute Gasteiger partial charge is 0.275 e. The van der Waals surface area contributed by atoms with Crippen LogP contribution in [0.4, 0.5) is 0 Å². The Labute approximate surface area is 90.3 Å². The maximum atomic E-state index is 10.8. The standard InChI is InChI=1S/C9H9N3O2S/c1-6-3-10-12(4-6)8-7(5-13)15-9(11-8)14-2/h3-5H,1-2H3. The average Bonchev–Trinajstić information content (AvgIpc) is 2.82. The molecule has 0 aliphatic carbocycles. The van der Waals surface area contributed by atoms with Crippen molar-refractivity contribution in [2.45, 2.75) is 6.92 Å². The molecule has 2 aromatic rings. The minimum atomic E-state index is 0.459. The molecule has 0 fully saturated rings. The average molecular weight is 223 g/mol. The van der Waals surface area contributed by atoms with Gasteiger partial charge in [0.05, 0.1) is 13.3 Å². The third-order valence-corrected chi connectivity index (χ3v) is 2.76. The molecule has 0 atom stereocenters. The number of hydrogen-bond acceptors (Lipinski definition) is 5. The summed E-state index contributed by atoms with van der Waals surface area (Å²) in [6, 6.07) is 0. The number of carbonyl (C=O) groups excluding carboxylic acids is 1. The number of carbonyl (C=O) groups is 1. The summed E-state index contributed by atoms with van der Waals surface area (Å²) in [5.41, 5.74) is 1.01. The summed E-state index contributed by atoms with van der Waals surface area (Å²) in [6.45, 7) is 1.92. The Kier molecular flexibility index (Phi) is 2.51. The highest BCUT2D eigenvalue weighted by molar-refractivity contribution is 7.15. The van der Waals surface area contributed by atoms with Gasteiger partial charge in [-0.1, -0.05) is 11.3 Å². The van der Waals surface area contributed by atoms with Gasteiger partial charge in [-0.2, -0.15) is 10.1 Å². The first kappa shape index (κ1) is 9.85. The minimum Gasteiger partial charge on any atom is -0.473 e. The van der Waals surface area contributed by atoms with Crippen LogP contribution in [0.3, 0.4) is 0 Å². The summed E-state index contributed by atoms with van der Waals surface area (Å²) in [4.78, 5) is 15.5. The van der Waals surface area contributed by atoms with Crippen molar-refractivity contribution in [3.05, 3.63) is 22.8 Å². The third kappa shape index (κ3) is 1.75. The number of methoxy groups -OCH3 is 1. The third-order valence-electron chi connectivity index (χ3n) is 1.83. The van der Waals surface area contributed by atoms with Crippen LogP contribution in [0.25, 0.3) is 5.82 Å². The number of thiazole rings is 1. The molecule has 0 radical (unpaired) electrons. The summed E-state index contributed by atoms with van der Waals surface area (Å²) in [5.74, 6) is 0.514. The van der Waals surface area contributed by atoms with Gasteiger partial charge in [-0.3, -0.25) is 4.79 Å². The van der Waals surface area contributed by atoms with E-state index in [1.165, 1.54) is 18.4 Å². The van der Waals surface area contributed by atoms with Gasteiger partial charge in [0.1, 0.15) is 4.88 Å². The molecule has 0 spiro atoms. The van der Waals surface area contributed by atoms with Crippen molar-refractivity contribution in [3.63, 3.8) is 0 Å². The van der Waals surface area contributed by atoms with E-state index in [4.69, 9.17) is 4.74 Å². The predicted octanol–water partition coefficient (Wildman–Crippen LogP) is 1.46. The highest BCUT2D eigenvalue weighted by atomic mass is 32.1. The molecular formula is C9H9N3O2S. The zero-order chi connectivity index (χ0) is 10.8. The number of hydrogen-bond donors (Lipinski definition) is 0. The number of aryl methyl sites for hydroxylation is 1. The fourth-order valence-electron chi connectivity index (χ4n) is 1.16. The molecular weight excluding hydrogens is 214 g/mol. The fraction of sp³-hybridized carbons (Fsp3) is 0.222. The van der Waals surface area contributed by atoms with Crippen molar-refractivity contribution in [2.24, 2.45) is 0 Å². The summed E-state index contributed by atoms with van der Waals surface area (Å²) < 4.78 is 6.54. The van der Waals surface area contributed by atoms with Gasteiger partial charge in [-0.25, -0.2) is 4.68 Å². The van der Waals surface area contributed by atoms with E-state index in [-0.39, 0.29) is 0 Å². The minimum absolute atomic E-state index is 0.459. The van der Waals surface area contributed by atoms with E-state index < -0.39 is 0 Å². The van der Waals surface area contributed by atoms with Crippen molar-refractivity contribution < 1.29 is 9.53 Å².